The number of benzene rings is 2. The molecule has 2 amide bonds. The molecule has 0 bridgehead atoms. The molecular formula is C20H23N3O5S. The standard InChI is InChI=1S/C20H23N3O5S/c1-3-19(24)21-14-20(25)22-10-12-23(13-11-22)29(26,27)18-9-5-6-15-16(18)7-4-8-17(15)28-2/h3-9H,1,10-14H2,2H3,(H,21,24). The van der Waals surface area contributed by atoms with Crippen molar-refractivity contribution >= 4 is 32.6 Å². The molecule has 3 rings (SSSR count). The Morgan fingerprint density at radius 3 is 2.41 bits per heavy atom. The van der Waals surface area contributed by atoms with Crippen LogP contribution >= 0.6 is 0 Å². The molecule has 1 aliphatic rings. The van der Waals surface area contributed by atoms with Crippen LogP contribution in [0.2, 0.25) is 0 Å². The van der Waals surface area contributed by atoms with Crippen molar-refractivity contribution in [2.75, 3.05) is 39.8 Å². The highest BCUT2D eigenvalue weighted by atomic mass is 32.2. The summed E-state index contributed by atoms with van der Waals surface area (Å²) in [6.45, 7) is 4.08. The molecule has 0 unspecified atom stereocenters. The summed E-state index contributed by atoms with van der Waals surface area (Å²) in [6, 6.07) is 10.4. The van der Waals surface area contributed by atoms with E-state index in [4.69, 9.17) is 4.74 Å². The first kappa shape index (κ1) is 20.8. The molecule has 0 saturated carbocycles. The number of carbonyl (C=O) groups is 2. The van der Waals surface area contributed by atoms with Gasteiger partial charge in [0.25, 0.3) is 0 Å². The minimum atomic E-state index is -3.74. The highest BCUT2D eigenvalue weighted by Crippen LogP contribution is 2.31. The Hall–Kier alpha value is -2.91. The second-order valence-electron chi connectivity index (χ2n) is 6.52. The quantitative estimate of drug-likeness (QED) is 0.707. The van der Waals surface area contributed by atoms with Gasteiger partial charge in [0.1, 0.15) is 5.75 Å². The van der Waals surface area contributed by atoms with Crippen molar-refractivity contribution in [1.29, 1.82) is 0 Å². The van der Waals surface area contributed by atoms with E-state index >= 15 is 0 Å². The molecule has 2 aromatic rings. The zero-order valence-electron chi connectivity index (χ0n) is 16.1. The van der Waals surface area contributed by atoms with E-state index in [1.54, 1.807) is 42.3 Å². The lowest BCUT2D eigenvalue weighted by molar-refractivity contribution is -0.133. The largest absolute Gasteiger partial charge is 0.496 e. The second kappa shape index (κ2) is 8.62. The van der Waals surface area contributed by atoms with Gasteiger partial charge >= 0.3 is 0 Å². The number of fused-ring (bicyclic) bond motifs is 1. The lowest BCUT2D eigenvalue weighted by Crippen LogP contribution is -2.52. The van der Waals surface area contributed by atoms with Crippen molar-refractivity contribution in [3.8, 4) is 5.75 Å². The monoisotopic (exact) mass is 417 g/mol. The van der Waals surface area contributed by atoms with Crippen LogP contribution in [0.15, 0.2) is 53.9 Å². The Bertz CT molecular complexity index is 1040. The number of nitrogens with one attached hydrogen (secondary N) is 1. The fourth-order valence-corrected chi connectivity index (χ4v) is 4.95. The summed E-state index contributed by atoms with van der Waals surface area (Å²) in [6.07, 6.45) is 1.09. The number of carbonyl (C=O) groups excluding carboxylic acids is 2. The predicted molar refractivity (Wildman–Crippen MR) is 109 cm³/mol. The fourth-order valence-electron chi connectivity index (χ4n) is 3.32. The van der Waals surface area contributed by atoms with Crippen molar-refractivity contribution in [3.05, 3.63) is 49.1 Å². The van der Waals surface area contributed by atoms with Gasteiger partial charge in [-0.15, -0.1) is 0 Å². The van der Waals surface area contributed by atoms with Gasteiger partial charge in [0.05, 0.1) is 18.6 Å². The van der Waals surface area contributed by atoms with Crippen molar-refractivity contribution in [2.24, 2.45) is 0 Å². The zero-order chi connectivity index (χ0) is 21.0. The molecule has 0 aromatic heterocycles. The maximum Gasteiger partial charge on any atom is 0.243 e. The van der Waals surface area contributed by atoms with Crippen LogP contribution in [0, 0.1) is 0 Å². The third-order valence-electron chi connectivity index (χ3n) is 4.87. The average molecular weight is 417 g/mol. The maximum atomic E-state index is 13.2. The Labute approximate surface area is 169 Å². The van der Waals surface area contributed by atoms with Crippen molar-refractivity contribution in [2.45, 2.75) is 4.90 Å². The highest BCUT2D eigenvalue weighted by Gasteiger charge is 2.31. The molecular weight excluding hydrogens is 394 g/mol. The minimum Gasteiger partial charge on any atom is -0.496 e. The molecule has 2 aromatic carbocycles. The number of piperazine rings is 1. The summed E-state index contributed by atoms with van der Waals surface area (Å²) in [5, 5.41) is 3.76. The Kier molecular flexibility index (Phi) is 6.19. The van der Waals surface area contributed by atoms with Crippen molar-refractivity contribution in [1.82, 2.24) is 14.5 Å². The van der Waals surface area contributed by atoms with Crippen LogP contribution < -0.4 is 10.1 Å². The third kappa shape index (κ3) is 4.25. The molecule has 0 radical (unpaired) electrons. The average Bonchev–Trinajstić information content (AvgIpc) is 2.76. The Morgan fingerprint density at radius 1 is 1.10 bits per heavy atom. The van der Waals surface area contributed by atoms with Gasteiger partial charge in [-0.25, -0.2) is 8.42 Å². The van der Waals surface area contributed by atoms with Gasteiger partial charge in [-0.3, -0.25) is 9.59 Å². The molecule has 9 heteroatoms. The zero-order valence-corrected chi connectivity index (χ0v) is 16.9. The van der Waals surface area contributed by atoms with E-state index in [0.29, 0.717) is 11.1 Å². The second-order valence-corrected chi connectivity index (χ2v) is 8.42. The number of ether oxygens (including phenoxy) is 1. The number of nitrogens with zero attached hydrogens (tertiary/aromatic N) is 2. The highest BCUT2D eigenvalue weighted by molar-refractivity contribution is 7.89. The molecule has 0 spiro atoms. The minimum absolute atomic E-state index is 0.138. The van der Waals surface area contributed by atoms with Gasteiger partial charge in [0, 0.05) is 37.0 Å². The van der Waals surface area contributed by atoms with Crippen LogP contribution in [0.1, 0.15) is 0 Å². The van der Waals surface area contributed by atoms with Crippen LogP contribution in [-0.4, -0.2) is 69.3 Å². The first-order chi connectivity index (χ1) is 13.9. The van der Waals surface area contributed by atoms with Crippen LogP contribution in [0.3, 0.4) is 0 Å². The van der Waals surface area contributed by atoms with Gasteiger partial charge in [-0.2, -0.15) is 4.31 Å². The topological polar surface area (TPSA) is 96.0 Å². The number of hydrogen-bond donors (Lipinski definition) is 1. The molecule has 1 heterocycles. The smallest absolute Gasteiger partial charge is 0.243 e. The molecule has 1 saturated heterocycles. The summed E-state index contributed by atoms with van der Waals surface area (Å²) < 4.78 is 33.2. The third-order valence-corrected chi connectivity index (χ3v) is 6.83. The van der Waals surface area contributed by atoms with E-state index in [1.807, 2.05) is 6.07 Å². The molecule has 8 nitrogen and oxygen atoms in total. The van der Waals surface area contributed by atoms with Gasteiger partial charge in [0.2, 0.25) is 21.8 Å². The van der Waals surface area contributed by atoms with E-state index in [-0.39, 0.29) is 43.5 Å². The van der Waals surface area contributed by atoms with Gasteiger partial charge in [-0.05, 0) is 18.2 Å². The number of sulfonamides is 1. The van der Waals surface area contributed by atoms with Crippen molar-refractivity contribution < 1.29 is 22.7 Å². The normalized spacial score (nSPS) is 15.1. The van der Waals surface area contributed by atoms with E-state index < -0.39 is 15.9 Å². The molecule has 154 valence electrons. The Morgan fingerprint density at radius 2 is 1.76 bits per heavy atom. The van der Waals surface area contributed by atoms with Gasteiger partial charge < -0.3 is 15.0 Å². The molecule has 0 atom stereocenters. The lowest BCUT2D eigenvalue weighted by atomic mass is 10.1. The molecule has 1 N–H and O–H groups in total. The van der Waals surface area contributed by atoms with Gasteiger partial charge in [0.15, 0.2) is 0 Å². The van der Waals surface area contributed by atoms with Crippen LogP contribution in [-0.2, 0) is 19.6 Å². The summed E-state index contributed by atoms with van der Waals surface area (Å²) in [7, 11) is -2.19. The molecule has 0 aliphatic carbocycles. The fraction of sp³-hybridized carbons (Fsp3) is 0.300. The van der Waals surface area contributed by atoms with Crippen molar-refractivity contribution in [3.63, 3.8) is 0 Å². The molecule has 1 aliphatic heterocycles. The van der Waals surface area contributed by atoms with E-state index in [1.165, 1.54) is 4.31 Å². The Balaban J connectivity index is 1.76. The summed E-state index contributed by atoms with van der Waals surface area (Å²) in [4.78, 5) is 25.1. The van der Waals surface area contributed by atoms with E-state index in [0.717, 1.165) is 11.5 Å². The summed E-state index contributed by atoms with van der Waals surface area (Å²) >= 11 is 0. The number of amides is 2. The van der Waals surface area contributed by atoms with Crippen LogP contribution in [0.25, 0.3) is 10.8 Å². The number of hydrogen-bond acceptors (Lipinski definition) is 5. The number of methoxy groups -OCH3 is 1. The van der Waals surface area contributed by atoms with E-state index in [9.17, 15) is 18.0 Å². The van der Waals surface area contributed by atoms with Gasteiger partial charge in [-0.1, -0.05) is 30.8 Å². The first-order valence-corrected chi connectivity index (χ1v) is 10.6. The first-order valence-electron chi connectivity index (χ1n) is 9.12. The summed E-state index contributed by atoms with van der Waals surface area (Å²) in [5.74, 6) is -0.0744. The lowest BCUT2D eigenvalue weighted by Gasteiger charge is -2.34. The SMILES string of the molecule is C=CC(=O)NCC(=O)N1CCN(S(=O)(=O)c2cccc3c(OC)cccc23)CC1. The number of rotatable bonds is 6. The van der Waals surface area contributed by atoms with E-state index in [2.05, 4.69) is 11.9 Å². The maximum absolute atomic E-state index is 13.2. The van der Waals surface area contributed by atoms with Crippen LogP contribution in [0.5, 0.6) is 5.75 Å². The molecule has 29 heavy (non-hydrogen) atoms. The predicted octanol–water partition coefficient (Wildman–Crippen LogP) is 0.983. The molecule has 1 fully saturated rings. The van der Waals surface area contributed by atoms with Crippen LogP contribution in [0.4, 0.5) is 0 Å². The summed E-state index contributed by atoms with van der Waals surface area (Å²) in [5.41, 5.74) is 0.